The van der Waals surface area contributed by atoms with Crippen molar-refractivity contribution in [1.82, 2.24) is 0 Å². The Labute approximate surface area is 129 Å². The summed E-state index contributed by atoms with van der Waals surface area (Å²) < 4.78 is 0. The molecule has 0 unspecified atom stereocenters. The number of unbranched alkanes of at least 4 members (excludes halogenated alkanes) is 1. The average molecular weight is 298 g/mol. The standard InChI is InChI=1S/C18H18O4/c19-11-15-7-5-13(9-17(15)21)3-1-2-4-14-6-8-16(12-20)18(22)10-14/h5-12,21-22H,1-4H2. The van der Waals surface area contributed by atoms with E-state index in [4.69, 9.17) is 0 Å². The number of phenols is 2. The van der Waals surface area contributed by atoms with Crippen LogP contribution in [0.15, 0.2) is 36.4 Å². The number of rotatable bonds is 7. The van der Waals surface area contributed by atoms with Gasteiger partial charge in [0.25, 0.3) is 0 Å². The summed E-state index contributed by atoms with van der Waals surface area (Å²) >= 11 is 0. The highest BCUT2D eigenvalue weighted by Crippen LogP contribution is 2.20. The smallest absolute Gasteiger partial charge is 0.153 e. The van der Waals surface area contributed by atoms with Gasteiger partial charge in [0, 0.05) is 0 Å². The fraction of sp³-hybridized carbons (Fsp3) is 0.222. The van der Waals surface area contributed by atoms with Gasteiger partial charge in [0.15, 0.2) is 12.6 Å². The molecule has 4 heteroatoms. The maximum absolute atomic E-state index is 10.6. The van der Waals surface area contributed by atoms with Crippen LogP contribution in [0.1, 0.15) is 44.7 Å². The zero-order valence-electron chi connectivity index (χ0n) is 12.2. The van der Waals surface area contributed by atoms with Gasteiger partial charge in [-0.15, -0.1) is 0 Å². The van der Waals surface area contributed by atoms with E-state index in [2.05, 4.69) is 0 Å². The number of hydrogen-bond acceptors (Lipinski definition) is 4. The van der Waals surface area contributed by atoms with Gasteiger partial charge in [-0.1, -0.05) is 12.1 Å². The minimum atomic E-state index is 0.0156. The summed E-state index contributed by atoms with van der Waals surface area (Å²) in [4.78, 5) is 21.3. The Balaban J connectivity index is 1.84. The second-order valence-electron chi connectivity index (χ2n) is 5.23. The molecule has 4 nitrogen and oxygen atoms in total. The van der Waals surface area contributed by atoms with Crippen molar-refractivity contribution in [2.24, 2.45) is 0 Å². The molecular weight excluding hydrogens is 280 g/mol. The van der Waals surface area contributed by atoms with E-state index in [1.807, 2.05) is 12.1 Å². The van der Waals surface area contributed by atoms with Crippen LogP contribution < -0.4 is 0 Å². The number of aldehydes is 2. The van der Waals surface area contributed by atoms with E-state index in [9.17, 15) is 19.8 Å². The quantitative estimate of drug-likeness (QED) is 0.607. The summed E-state index contributed by atoms with van der Waals surface area (Å²) in [5.41, 5.74) is 2.58. The first-order valence-electron chi connectivity index (χ1n) is 7.18. The Morgan fingerprint density at radius 1 is 0.727 bits per heavy atom. The average Bonchev–Trinajstić information content (AvgIpc) is 2.52. The first kappa shape index (κ1) is 15.8. The normalized spacial score (nSPS) is 10.4. The van der Waals surface area contributed by atoms with Crippen molar-refractivity contribution in [2.45, 2.75) is 25.7 Å². The van der Waals surface area contributed by atoms with Crippen molar-refractivity contribution >= 4 is 12.6 Å². The summed E-state index contributed by atoms with van der Waals surface area (Å²) in [6.07, 6.45) is 4.74. The van der Waals surface area contributed by atoms with Gasteiger partial charge in [-0.05, 0) is 61.1 Å². The van der Waals surface area contributed by atoms with Gasteiger partial charge >= 0.3 is 0 Å². The molecule has 0 heterocycles. The Kier molecular flexibility index (Phi) is 5.31. The highest BCUT2D eigenvalue weighted by Gasteiger charge is 2.03. The summed E-state index contributed by atoms with van der Waals surface area (Å²) in [6, 6.07) is 10.2. The molecule has 22 heavy (non-hydrogen) atoms. The van der Waals surface area contributed by atoms with Crippen LogP contribution in [0.4, 0.5) is 0 Å². The van der Waals surface area contributed by atoms with Crippen LogP contribution in [-0.4, -0.2) is 22.8 Å². The molecule has 0 atom stereocenters. The molecule has 0 aliphatic carbocycles. The molecule has 0 aromatic heterocycles. The van der Waals surface area contributed by atoms with Crippen molar-refractivity contribution in [3.8, 4) is 11.5 Å². The molecule has 2 N–H and O–H groups in total. The number of carbonyl (C=O) groups is 2. The number of benzene rings is 2. The van der Waals surface area contributed by atoms with E-state index in [0.717, 1.165) is 36.8 Å². The Morgan fingerprint density at radius 3 is 1.45 bits per heavy atom. The first-order valence-corrected chi connectivity index (χ1v) is 7.18. The lowest BCUT2D eigenvalue weighted by Crippen LogP contribution is -1.92. The molecule has 2 aromatic carbocycles. The lowest BCUT2D eigenvalue weighted by atomic mass is 10.0. The molecule has 0 amide bonds. The summed E-state index contributed by atoms with van der Waals surface area (Å²) in [6.45, 7) is 0. The molecule has 0 fully saturated rings. The summed E-state index contributed by atoms with van der Waals surface area (Å²) in [5, 5.41) is 19.2. The van der Waals surface area contributed by atoms with Gasteiger partial charge in [0.2, 0.25) is 0 Å². The van der Waals surface area contributed by atoms with Crippen molar-refractivity contribution in [3.05, 3.63) is 58.7 Å². The fourth-order valence-corrected chi connectivity index (χ4v) is 2.35. The lowest BCUT2D eigenvalue weighted by molar-refractivity contribution is 0.111. The third kappa shape index (κ3) is 3.95. The minimum Gasteiger partial charge on any atom is -0.507 e. The number of carbonyl (C=O) groups excluding carboxylic acids is 2. The van der Waals surface area contributed by atoms with E-state index >= 15 is 0 Å². The largest absolute Gasteiger partial charge is 0.507 e. The third-order valence-corrected chi connectivity index (χ3v) is 3.62. The van der Waals surface area contributed by atoms with Crippen molar-refractivity contribution in [1.29, 1.82) is 0 Å². The van der Waals surface area contributed by atoms with Crippen LogP contribution in [0.2, 0.25) is 0 Å². The topological polar surface area (TPSA) is 74.6 Å². The van der Waals surface area contributed by atoms with Crippen LogP contribution >= 0.6 is 0 Å². The number of aromatic hydroxyl groups is 2. The summed E-state index contributed by atoms with van der Waals surface area (Å²) in [7, 11) is 0. The van der Waals surface area contributed by atoms with Crippen LogP contribution in [0.25, 0.3) is 0 Å². The first-order chi connectivity index (χ1) is 10.6. The van der Waals surface area contributed by atoms with E-state index in [-0.39, 0.29) is 11.5 Å². The van der Waals surface area contributed by atoms with Crippen molar-refractivity contribution in [2.75, 3.05) is 0 Å². The Bertz CT molecular complexity index is 617. The maximum Gasteiger partial charge on any atom is 0.153 e. The minimum absolute atomic E-state index is 0.0156. The second-order valence-corrected chi connectivity index (χ2v) is 5.23. The lowest BCUT2D eigenvalue weighted by Gasteiger charge is -2.05. The number of hydrogen-bond donors (Lipinski definition) is 2. The molecule has 0 spiro atoms. The predicted molar refractivity (Wildman–Crippen MR) is 83.6 cm³/mol. The highest BCUT2D eigenvalue weighted by molar-refractivity contribution is 5.79. The van der Waals surface area contributed by atoms with Gasteiger partial charge in [-0.25, -0.2) is 0 Å². The van der Waals surface area contributed by atoms with Crippen molar-refractivity contribution in [3.63, 3.8) is 0 Å². The monoisotopic (exact) mass is 298 g/mol. The molecule has 0 saturated heterocycles. The van der Waals surface area contributed by atoms with Gasteiger partial charge in [0.1, 0.15) is 11.5 Å². The van der Waals surface area contributed by atoms with Gasteiger partial charge in [-0.2, -0.15) is 0 Å². The van der Waals surface area contributed by atoms with E-state index in [1.54, 1.807) is 24.3 Å². The van der Waals surface area contributed by atoms with E-state index in [1.165, 1.54) is 0 Å². The second kappa shape index (κ2) is 7.41. The van der Waals surface area contributed by atoms with Gasteiger partial charge in [-0.3, -0.25) is 9.59 Å². The van der Waals surface area contributed by atoms with Gasteiger partial charge in [0.05, 0.1) is 11.1 Å². The Hall–Kier alpha value is -2.62. The predicted octanol–water partition coefficient (Wildman–Crippen LogP) is 3.29. The number of phenolic OH excluding ortho intramolecular Hbond substituents is 2. The third-order valence-electron chi connectivity index (χ3n) is 3.62. The summed E-state index contributed by atoms with van der Waals surface area (Å²) in [5.74, 6) is 0.0312. The molecule has 0 radical (unpaired) electrons. The molecule has 114 valence electrons. The Morgan fingerprint density at radius 2 is 1.14 bits per heavy atom. The molecule has 0 aliphatic rings. The van der Waals surface area contributed by atoms with Crippen LogP contribution in [-0.2, 0) is 12.8 Å². The molecule has 0 saturated carbocycles. The van der Waals surface area contributed by atoms with Crippen LogP contribution in [0, 0.1) is 0 Å². The maximum atomic E-state index is 10.6. The molecule has 2 rings (SSSR count). The SMILES string of the molecule is O=Cc1ccc(CCCCc2ccc(C=O)c(O)c2)cc1O. The highest BCUT2D eigenvalue weighted by atomic mass is 16.3. The molecule has 0 aliphatic heterocycles. The number of aryl methyl sites for hydroxylation is 2. The van der Waals surface area contributed by atoms with Crippen LogP contribution in [0.3, 0.4) is 0 Å². The molecule has 2 aromatic rings. The molecule has 0 bridgehead atoms. The zero-order valence-corrected chi connectivity index (χ0v) is 12.2. The van der Waals surface area contributed by atoms with Crippen molar-refractivity contribution < 1.29 is 19.8 Å². The zero-order chi connectivity index (χ0) is 15.9. The van der Waals surface area contributed by atoms with E-state index in [0.29, 0.717) is 23.7 Å². The molecular formula is C18H18O4. The van der Waals surface area contributed by atoms with E-state index < -0.39 is 0 Å². The van der Waals surface area contributed by atoms with Crippen LogP contribution in [0.5, 0.6) is 11.5 Å². The fourth-order valence-electron chi connectivity index (χ4n) is 2.35. The van der Waals surface area contributed by atoms with Gasteiger partial charge < -0.3 is 10.2 Å².